The van der Waals surface area contributed by atoms with Gasteiger partial charge in [0.25, 0.3) is 0 Å². The summed E-state index contributed by atoms with van der Waals surface area (Å²) in [5, 5.41) is 2.95. The normalized spacial score (nSPS) is 10.6. The highest BCUT2D eigenvalue weighted by Gasteiger charge is 2.05. The molecule has 0 aliphatic heterocycles. The van der Waals surface area contributed by atoms with E-state index in [9.17, 15) is 4.79 Å². The monoisotopic (exact) mass is 251 g/mol. The Balaban J connectivity index is 2.07. The molecule has 2 nitrogen and oxygen atoms in total. The van der Waals surface area contributed by atoms with E-state index in [1.807, 2.05) is 73.7 Å². The first-order chi connectivity index (χ1) is 9.29. The predicted octanol–water partition coefficient (Wildman–Crippen LogP) is 3.90. The van der Waals surface area contributed by atoms with Gasteiger partial charge in [-0.15, -0.1) is 0 Å². The lowest BCUT2D eigenvalue weighted by molar-refractivity contribution is -0.115. The van der Waals surface area contributed by atoms with Gasteiger partial charge in [-0.25, -0.2) is 0 Å². The molecule has 0 unspecified atom stereocenters. The molecule has 0 bridgehead atoms. The molecule has 1 N–H and O–H groups in total. The number of carbonyl (C=O) groups excluding carboxylic acids is 1. The molecule has 0 heterocycles. The fourth-order valence-electron chi connectivity index (χ4n) is 1.91. The van der Waals surface area contributed by atoms with Crippen molar-refractivity contribution in [3.05, 3.63) is 71.8 Å². The standard InChI is InChI=1S/C17H17NO/c1-2-8-15-11-6-7-12-16(15)18-17(19)13-14-9-4-3-5-10-14/h2-12H,13H2,1H3,(H,18,19)/b8-2+. The summed E-state index contributed by atoms with van der Waals surface area (Å²) in [6.45, 7) is 1.96. The minimum Gasteiger partial charge on any atom is -0.325 e. The first-order valence-corrected chi connectivity index (χ1v) is 6.35. The van der Waals surface area contributed by atoms with E-state index >= 15 is 0 Å². The maximum Gasteiger partial charge on any atom is 0.228 e. The van der Waals surface area contributed by atoms with Crippen molar-refractivity contribution in [2.24, 2.45) is 0 Å². The van der Waals surface area contributed by atoms with Crippen molar-refractivity contribution in [3.8, 4) is 0 Å². The number of amides is 1. The summed E-state index contributed by atoms with van der Waals surface area (Å²) in [5.74, 6) is 0.00292. The number of carbonyl (C=O) groups is 1. The first-order valence-electron chi connectivity index (χ1n) is 6.35. The third kappa shape index (κ3) is 3.81. The van der Waals surface area contributed by atoms with Crippen molar-refractivity contribution in [1.82, 2.24) is 0 Å². The van der Waals surface area contributed by atoms with Gasteiger partial charge in [0.05, 0.1) is 6.42 Å². The summed E-state index contributed by atoms with van der Waals surface area (Å²) in [6.07, 6.45) is 4.34. The zero-order chi connectivity index (χ0) is 13.5. The topological polar surface area (TPSA) is 29.1 Å². The van der Waals surface area contributed by atoms with Crippen LogP contribution in [-0.4, -0.2) is 5.91 Å². The van der Waals surface area contributed by atoms with E-state index in [0.717, 1.165) is 16.8 Å². The van der Waals surface area contributed by atoms with Crippen LogP contribution in [-0.2, 0) is 11.2 Å². The number of benzene rings is 2. The molecule has 0 aromatic heterocycles. The van der Waals surface area contributed by atoms with Crippen LogP contribution in [0.1, 0.15) is 18.1 Å². The third-order valence-electron chi connectivity index (χ3n) is 2.79. The Kier molecular flexibility index (Phi) is 4.51. The number of rotatable bonds is 4. The molecule has 0 spiro atoms. The molecular weight excluding hydrogens is 234 g/mol. The second kappa shape index (κ2) is 6.55. The average Bonchev–Trinajstić information content (AvgIpc) is 2.42. The van der Waals surface area contributed by atoms with Crippen molar-refractivity contribution < 1.29 is 4.79 Å². The molecule has 2 aromatic rings. The summed E-state index contributed by atoms with van der Waals surface area (Å²) < 4.78 is 0. The fraction of sp³-hybridized carbons (Fsp3) is 0.118. The molecule has 96 valence electrons. The van der Waals surface area contributed by atoms with Gasteiger partial charge >= 0.3 is 0 Å². The lowest BCUT2D eigenvalue weighted by Crippen LogP contribution is -2.15. The van der Waals surface area contributed by atoms with Crippen LogP contribution < -0.4 is 5.32 Å². The van der Waals surface area contributed by atoms with Crippen LogP contribution in [0.15, 0.2) is 60.7 Å². The molecule has 0 radical (unpaired) electrons. The molecule has 2 heteroatoms. The van der Waals surface area contributed by atoms with E-state index in [1.54, 1.807) is 0 Å². The van der Waals surface area contributed by atoms with Gasteiger partial charge < -0.3 is 5.32 Å². The van der Waals surface area contributed by atoms with Gasteiger partial charge in [0.15, 0.2) is 0 Å². The van der Waals surface area contributed by atoms with Crippen LogP contribution in [0.2, 0.25) is 0 Å². The smallest absolute Gasteiger partial charge is 0.228 e. The zero-order valence-electron chi connectivity index (χ0n) is 11.0. The minimum atomic E-state index is 0.00292. The maximum atomic E-state index is 12.0. The van der Waals surface area contributed by atoms with Crippen molar-refractivity contribution in [3.63, 3.8) is 0 Å². The number of para-hydroxylation sites is 1. The van der Waals surface area contributed by atoms with Crippen LogP contribution in [0, 0.1) is 0 Å². The molecule has 0 atom stereocenters. The van der Waals surface area contributed by atoms with Gasteiger partial charge in [0.2, 0.25) is 5.91 Å². The summed E-state index contributed by atoms with van der Waals surface area (Å²) in [7, 11) is 0. The number of allylic oxidation sites excluding steroid dienone is 1. The van der Waals surface area contributed by atoms with Crippen LogP contribution >= 0.6 is 0 Å². The second-order valence-electron chi connectivity index (χ2n) is 4.30. The quantitative estimate of drug-likeness (QED) is 0.877. The molecule has 19 heavy (non-hydrogen) atoms. The summed E-state index contributed by atoms with van der Waals surface area (Å²) >= 11 is 0. The second-order valence-corrected chi connectivity index (χ2v) is 4.30. The van der Waals surface area contributed by atoms with Crippen LogP contribution in [0.3, 0.4) is 0 Å². The first kappa shape index (κ1) is 13.1. The largest absolute Gasteiger partial charge is 0.325 e. The number of hydrogen-bond acceptors (Lipinski definition) is 1. The zero-order valence-corrected chi connectivity index (χ0v) is 11.0. The van der Waals surface area contributed by atoms with Crippen molar-refractivity contribution >= 4 is 17.7 Å². The Morgan fingerprint density at radius 3 is 2.47 bits per heavy atom. The van der Waals surface area contributed by atoms with Crippen LogP contribution in [0.25, 0.3) is 6.08 Å². The summed E-state index contributed by atoms with van der Waals surface area (Å²) in [5.41, 5.74) is 2.89. The summed E-state index contributed by atoms with van der Waals surface area (Å²) in [6, 6.07) is 17.5. The molecular formula is C17H17NO. The Morgan fingerprint density at radius 1 is 1.05 bits per heavy atom. The minimum absolute atomic E-state index is 0.00292. The summed E-state index contributed by atoms with van der Waals surface area (Å²) in [4.78, 5) is 12.0. The Morgan fingerprint density at radius 2 is 1.74 bits per heavy atom. The van der Waals surface area contributed by atoms with Gasteiger partial charge in [-0.3, -0.25) is 4.79 Å². The lowest BCUT2D eigenvalue weighted by atomic mass is 10.1. The fourth-order valence-corrected chi connectivity index (χ4v) is 1.91. The van der Waals surface area contributed by atoms with E-state index in [4.69, 9.17) is 0 Å². The Hall–Kier alpha value is -2.35. The maximum absolute atomic E-state index is 12.0. The van der Waals surface area contributed by atoms with Crippen molar-refractivity contribution in [2.45, 2.75) is 13.3 Å². The molecule has 1 amide bonds. The van der Waals surface area contributed by atoms with Gasteiger partial charge in [-0.2, -0.15) is 0 Å². The number of anilines is 1. The van der Waals surface area contributed by atoms with E-state index in [0.29, 0.717) is 6.42 Å². The molecule has 0 aliphatic carbocycles. The van der Waals surface area contributed by atoms with E-state index in [2.05, 4.69) is 5.32 Å². The highest BCUT2D eigenvalue weighted by Crippen LogP contribution is 2.17. The molecule has 0 aliphatic rings. The Bertz CT molecular complexity index is 573. The van der Waals surface area contributed by atoms with Gasteiger partial charge in [0, 0.05) is 5.69 Å². The number of nitrogens with one attached hydrogen (secondary N) is 1. The molecule has 0 fully saturated rings. The van der Waals surface area contributed by atoms with Crippen LogP contribution in [0.5, 0.6) is 0 Å². The van der Waals surface area contributed by atoms with Crippen molar-refractivity contribution in [2.75, 3.05) is 5.32 Å². The van der Waals surface area contributed by atoms with Crippen LogP contribution in [0.4, 0.5) is 5.69 Å². The molecule has 2 aromatic carbocycles. The number of hydrogen-bond donors (Lipinski definition) is 1. The highest BCUT2D eigenvalue weighted by atomic mass is 16.1. The Labute approximate surface area is 113 Å². The molecule has 0 saturated heterocycles. The lowest BCUT2D eigenvalue weighted by Gasteiger charge is -2.08. The highest BCUT2D eigenvalue weighted by molar-refractivity contribution is 5.94. The SMILES string of the molecule is C/C=C/c1ccccc1NC(=O)Cc1ccccc1. The van der Waals surface area contributed by atoms with E-state index in [-0.39, 0.29) is 5.91 Å². The van der Waals surface area contributed by atoms with E-state index in [1.165, 1.54) is 0 Å². The predicted molar refractivity (Wildman–Crippen MR) is 79.9 cm³/mol. The molecule has 0 saturated carbocycles. The van der Waals surface area contributed by atoms with Gasteiger partial charge in [-0.1, -0.05) is 60.7 Å². The third-order valence-corrected chi connectivity index (χ3v) is 2.79. The van der Waals surface area contributed by atoms with Crippen molar-refractivity contribution in [1.29, 1.82) is 0 Å². The van der Waals surface area contributed by atoms with E-state index < -0.39 is 0 Å². The average molecular weight is 251 g/mol. The van der Waals surface area contributed by atoms with Gasteiger partial charge in [0.1, 0.15) is 0 Å². The molecule has 2 rings (SSSR count). The van der Waals surface area contributed by atoms with Gasteiger partial charge in [-0.05, 0) is 24.1 Å².